The number of nitrogen functional groups attached to an aromatic ring is 1. The number of nitrogens with zero attached hydrogens (tertiary/aromatic N) is 2. The van der Waals surface area contributed by atoms with E-state index >= 15 is 0 Å². The highest BCUT2D eigenvalue weighted by atomic mass is 32.1. The van der Waals surface area contributed by atoms with Crippen LogP contribution < -0.4 is 11.1 Å². The molecule has 0 fully saturated rings. The minimum Gasteiger partial charge on any atom is -0.374 e. The molecule has 3 N–H and O–H groups in total. The summed E-state index contributed by atoms with van der Waals surface area (Å²) in [6, 6.07) is 0. The second-order valence-electron chi connectivity index (χ2n) is 3.21. The maximum atomic E-state index is 11.4. The van der Waals surface area contributed by atoms with Crippen LogP contribution in [0, 0.1) is 5.92 Å². The summed E-state index contributed by atoms with van der Waals surface area (Å²) < 4.78 is 0. The highest BCUT2D eigenvalue weighted by Gasteiger charge is 2.09. The molecule has 0 radical (unpaired) electrons. The average molecular weight is 214 g/mol. The van der Waals surface area contributed by atoms with Gasteiger partial charge in [0, 0.05) is 6.42 Å². The first kappa shape index (κ1) is 10.9. The standard InChI is InChI=1S/C8H14N4OS/c1-3-5(2)4-6(13)10-8-12-11-7(9)14-8/h5H,3-4H2,1-2H3,(H2,9,11)(H,10,12,13). The van der Waals surface area contributed by atoms with Gasteiger partial charge in [-0.05, 0) is 5.92 Å². The van der Waals surface area contributed by atoms with Crippen molar-refractivity contribution < 1.29 is 4.79 Å². The maximum Gasteiger partial charge on any atom is 0.226 e. The molecule has 0 aliphatic heterocycles. The van der Waals surface area contributed by atoms with Crippen LogP contribution in [0.15, 0.2) is 0 Å². The third kappa shape index (κ3) is 3.29. The van der Waals surface area contributed by atoms with Crippen LogP contribution in [0.4, 0.5) is 10.3 Å². The van der Waals surface area contributed by atoms with E-state index in [1.807, 2.05) is 6.92 Å². The quantitative estimate of drug-likeness (QED) is 0.795. The van der Waals surface area contributed by atoms with Gasteiger partial charge in [-0.15, -0.1) is 10.2 Å². The summed E-state index contributed by atoms with van der Waals surface area (Å²) in [6.07, 6.45) is 1.50. The van der Waals surface area contributed by atoms with Crippen LogP contribution >= 0.6 is 11.3 Å². The summed E-state index contributed by atoms with van der Waals surface area (Å²) in [5, 5.41) is 10.8. The van der Waals surface area contributed by atoms with Gasteiger partial charge >= 0.3 is 0 Å². The Morgan fingerprint density at radius 3 is 2.86 bits per heavy atom. The molecule has 1 unspecified atom stereocenters. The van der Waals surface area contributed by atoms with Crippen LogP contribution in [-0.2, 0) is 4.79 Å². The third-order valence-corrected chi connectivity index (χ3v) is 2.59. The van der Waals surface area contributed by atoms with Gasteiger partial charge in [-0.2, -0.15) is 0 Å². The van der Waals surface area contributed by atoms with Crippen molar-refractivity contribution in [3.63, 3.8) is 0 Å². The summed E-state index contributed by atoms with van der Waals surface area (Å²) in [4.78, 5) is 11.4. The number of aromatic nitrogens is 2. The van der Waals surface area contributed by atoms with Gasteiger partial charge in [0.1, 0.15) is 0 Å². The molecule has 14 heavy (non-hydrogen) atoms. The fraction of sp³-hybridized carbons (Fsp3) is 0.625. The first-order valence-electron chi connectivity index (χ1n) is 4.50. The summed E-state index contributed by atoms with van der Waals surface area (Å²) >= 11 is 1.17. The van der Waals surface area contributed by atoms with E-state index < -0.39 is 0 Å². The summed E-state index contributed by atoms with van der Waals surface area (Å²) in [5.74, 6) is 0.357. The Hall–Kier alpha value is -1.17. The Bertz CT molecular complexity index is 312. The number of carbonyl (C=O) groups is 1. The lowest BCUT2D eigenvalue weighted by Crippen LogP contribution is -2.14. The van der Waals surface area contributed by atoms with Gasteiger partial charge in [0.2, 0.25) is 16.2 Å². The van der Waals surface area contributed by atoms with E-state index in [0.717, 1.165) is 6.42 Å². The molecule has 1 rings (SSSR count). The van der Waals surface area contributed by atoms with Crippen molar-refractivity contribution in [2.45, 2.75) is 26.7 Å². The minimum absolute atomic E-state index is 0.0319. The van der Waals surface area contributed by atoms with E-state index in [1.165, 1.54) is 11.3 Å². The molecule has 78 valence electrons. The van der Waals surface area contributed by atoms with E-state index in [-0.39, 0.29) is 5.91 Å². The summed E-state index contributed by atoms with van der Waals surface area (Å²) in [6.45, 7) is 4.09. The molecule has 1 amide bonds. The van der Waals surface area contributed by atoms with Gasteiger partial charge in [-0.25, -0.2) is 0 Å². The number of nitrogens with two attached hydrogens (primary N) is 1. The van der Waals surface area contributed by atoms with Gasteiger partial charge in [0.25, 0.3) is 0 Å². The van der Waals surface area contributed by atoms with Crippen molar-refractivity contribution in [2.75, 3.05) is 11.1 Å². The Morgan fingerprint density at radius 1 is 1.64 bits per heavy atom. The van der Waals surface area contributed by atoms with Gasteiger partial charge in [0.15, 0.2) is 0 Å². The molecule has 0 bridgehead atoms. The molecule has 0 saturated heterocycles. The van der Waals surface area contributed by atoms with E-state index in [0.29, 0.717) is 22.6 Å². The first-order valence-corrected chi connectivity index (χ1v) is 5.32. The molecule has 1 aromatic rings. The molecule has 0 aliphatic rings. The van der Waals surface area contributed by atoms with Crippen LogP contribution in [0.5, 0.6) is 0 Å². The highest BCUT2D eigenvalue weighted by molar-refractivity contribution is 7.18. The second-order valence-corrected chi connectivity index (χ2v) is 4.22. The van der Waals surface area contributed by atoms with E-state index in [1.54, 1.807) is 0 Å². The zero-order valence-electron chi connectivity index (χ0n) is 8.28. The van der Waals surface area contributed by atoms with E-state index in [2.05, 4.69) is 22.4 Å². The first-order chi connectivity index (χ1) is 6.61. The summed E-state index contributed by atoms with van der Waals surface area (Å²) in [5.41, 5.74) is 5.38. The Kier molecular flexibility index (Phi) is 3.82. The van der Waals surface area contributed by atoms with Crippen molar-refractivity contribution in [2.24, 2.45) is 5.92 Å². The van der Waals surface area contributed by atoms with Crippen molar-refractivity contribution >= 4 is 27.5 Å². The van der Waals surface area contributed by atoms with Crippen LogP contribution in [0.1, 0.15) is 26.7 Å². The Morgan fingerprint density at radius 2 is 2.36 bits per heavy atom. The molecular weight excluding hydrogens is 200 g/mol. The normalized spacial score (nSPS) is 12.4. The van der Waals surface area contributed by atoms with Crippen molar-refractivity contribution in [3.05, 3.63) is 0 Å². The van der Waals surface area contributed by atoms with Crippen molar-refractivity contribution in [1.29, 1.82) is 0 Å². The maximum absolute atomic E-state index is 11.4. The van der Waals surface area contributed by atoms with Gasteiger partial charge in [0.05, 0.1) is 0 Å². The Labute approximate surface area is 86.7 Å². The SMILES string of the molecule is CCC(C)CC(=O)Nc1nnc(N)s1. The van der Waals surface area contributed by atoms with Crippen LogP contribution in [0.25, 0.3) is 0 Å². The number of carbonyl (C=O) groups excluding carboxylic acids is 1. The van der Waals surface area contributed by atoms with E-state index in [9.17, 15) is 4.79 Å². The second kappa shape index (κ2) is 4.90. The predicted molar refractivity (Wildman–Crippen MR) is 57.0 cm³/mol. The zero-order chi connectivity index (χ0) is 10.6. The molecule has 0 saturated carbocycles. The minimum atomic E-state index is -0.0319. The fourth-order valence-electron chi connectivity index (χ4n) is 0.916. The topological polar surface area (TPSA) is 80.9 Å². The molecule has 0 aromatic carbocycles. The van der Waals surface area contributed by atoms with Gasteiger partial charge in [-0.1, -0.05) is 31.6 Å². The largest absolute Gasteiger partial charge is 0.374 e. The average Bonchev–Trinajstić information content (AvgIpc) is 2.50. The number of rotatable bonds is 4. The molecule has 6 heteroatoms. The molecular formula is C8H14N4OS. The molecule has 0 aliphatic carbocycles. The monoisotopic (exact) mass is 214 g/mol. The van der Waals surface area contributed by atoms with Gasteiger partial charge < -0.3 is 11.1 Å². The molecule has 0 spiro atoms. The van der Waals surface area contributed by atoms with Crippen molar-refractivity contribution in [3.8, 4) is 0 Å². The van der Waals surface area contributed by atoms with Crippen LogP contribution in [0.3, 0.4) is 0 Å². The van der Waals surface area contributed by atoms with E-state index in [4.69, 9.17) is 5.73 Å². The molecule has 1 atom stereocenters. The zero-order valence-corrected chi connectivity index (χ0v) is 9.10. The number of hydrogen-bond donors (Lipinski definition) is 2. The number of hydrogen-bond acceptors (Lipinski definition) is 5. The number of amides is 1. The molecule has 1 aromatic heterocycles. The third-order valence-electron chi connectivity index (χ3n) is 1.92. The lowest BCUT2D eigenvalue weighted by Gasteiger charge is -2.06. The predicted octanol–water partition coefficient (Wildman–Crippen LogP) is 1.49. The molecule has 5 nitrogen and oxygen atoms in total. The highest BCUT2D eigenvalue weighted by Crippen LogP contribution is 2.17. The number of nitrogens with one attached hydrogen (secondary N) is 1. The lowest BCUT2D eigenvalue weighted by molar-refractivity contribution is -0.117. The Balaban J connectivity index is 2.41. The molecule has 1 heterocycles. The van der Waals surface area contributed by atoms with Crippen LogP contribution in [-0.4, -0.2) is 16.1 Å². The lowest BCUT2D eigenvalue weighted by atomic mass is 10.1. The van der Waals surface area contributed by atoms with Crippen molar-refractivity contribution in [1.82, 2.24) is 10.2 Å². The van der Waals surface area contributed by atoms with Gasteiger partial charge in [-0.3, -0.25) is 4.79 Å². The summed E-state index contributed by atoms with van der Waals surface area (Å²) in [7, 11) is 0. The van der Waals surface area contributed by atoms with Crippen LogP contribution in [0.2, 0.25) is 0 Å². The smallest absolute Gasteiger partial charge is 0.226 e. The fourth-order valence-corrected chi connectivity index (χ4v) is 1.44. The number of anilines is 2.